The van der Waals surface area contributed by atoms with Crippen LogP contribution in [-0.4, -0.2) is 62.5 Å². The summed E-state index contributed by atoms with van der Waals surface area (Å²) in [7, 11) is 0. The molecule has 10 nitrogen and oxygen atoms in total. The molecule has 0 spiro atoms. The number of carbonyl (C=O) groups excluding carboxylic acids is 3. The van der Waals surface area contributed by atoms with E-state index in [1.54, 1.807) is 13.8 Å². The van der Waals surface area contributed by atoms with E-state index in [-0.39, 0.29) is 11.1 Å². The van der Waals surface area contributed by atoms with Crippen LogP contribution in [0, 0.1) is 17.8 Å². The lowest BCUT2D eigenvalue weighted by atomic mass is 9.70. The number of unbranched alkanes of at least 4 members (excludes halogenated alkanes) is 1. The summed E-state index contributed by atoms with van der Waals surface area (Å²) in [6.45, 7) is 6.43. The highest BCUT2D eigenvalue weighted by Gasteiger charge is 2.50. The van der Waals surface area contributed by atoms with Crippen molar-refractivity contribution in [2.24, 2.45) is 17.8 Å². The highest BCUT2D eigenvalue weighted by Crippen LogP contribution is 2.34. The van der Waals surface area contributed by atoms with Gasteiger partial charge in [0, 0.05) is 12.0 Å². The van der Waals surface area contributed by atoms with Crippen LogP contribution in [0.25, 0.3) is 0 Å². The normalized spacial score (nSPS) is 20.6. The zero-order chi connectivity index (χ0) is 28.6. The van der Waals surface area contributed by atoms with Gasteiger partial charge >= 0.3 is 11.9 Å². The summed E-state index contributed by atoms with van der Waals surface area (Å²) in [4.78, 5) is 63.2. The summed E-state index contributed by atoms with van der Waals surface area (Å²) in [5, 5.41) is 35.5. The minimum atomic E-state index is -2.24. The molecule has 210 valence electrons. The first-order chi connectivity index (χ1) is 17.9. The molecule has 2 amide bonds. The molecule has 3 unspecified atom stereocenters. The van der Waals surface area contributed by atoms with E-state index in [0.717, 1.165) is 19.3 Å². The number of Topliss-reactive ketones (excluding diaryl/α,β-unsaturated/α-hetero) is 1. The number of aromatic carboxylic acids is 1. The summed E-state index contributed by atoms with van der Waals surface area (Å²) in [5.74, 6) is -6.90. The van der Waals surface area contributed by atoms with Crippen LogP contribution in [0.15, 0.2) is 24.3 Å². The first-order valence-corrected chi connectivity index (χ1v) is 13.3. The minimum absolute atomic E-state index is 0.0597. The smallest absolute Gasteiger partial charge is 0.336 e. The fourth-order valence-electron chi connectivity index (χ4n) is 5.18. The topological polar surface area (TPSA) is 170 Å². The van der Waals surface area contributed by atoms with E-state index in [4.69, 9.17) is 0 Å². The molecule has 1 aromatic rings. The Morgan fingerprint density at radius 3 is 2.16 bits per heavy atom. The monoisotopic (exact) mass is 532 g/mol. The quantitative estimate of drug-likeness (QED) is 0.258. The fourth-order valence-corrected chi connectivity index (χ4v) is 5.18. The van der Waals surface area contributed by atoms with Gasteiger partial charge in [-0.05, 0) is 37.3 Å². The molecule has 0 bridgehead atoms. The van der Waals surface area contributed by atoms with Crippen LogP contribution >= 0.6 is 0 Å². The number of benzene rings is 1. The van der Waals surface area contributed by atoms with Crippen molar-refractivity contribution >= 4 is 29.5 Å². The number of aliphatic carboxylic acids is 1. The molecule has 0 aliphatic heterocycles. The van der Waals surface area contributed by atoms with Gasteiger partial charge in [-0.1, -0.05) is 65.5 Å². The van der Waals surface area contributed by atoms with Gasteiger partial charge in [-0.2, -0.15) is 0 Å². The van der Waals surface area contributed by atoms with Gasteiger partial charge in [-0.25, -0.2) is 9.59 Å². The predicted molar refractivity (Wildman–Crippen MR) is 140 cm³/mol. The van der Waals surface area contributed by atoms with Crippen LogP contribution in [-0.2, 0) is 14.4 Å². The summed E-state index contributed by atoms with van der Waals surface area (Å²) in [5.41, 5.74) is -2.48. The molecule has 0 aromatic heterocycles. The second-order valence-corrected chi connectivity index (χ2v) is 10.4. The molecule has 1 saturated carbocycles. The fraction of sp³-hybridized carbons (Fsp3) is 0.607. The standard InChI is InChI=1S/C28H40N2O8/c1-5-6-14-22(30-24(32)18-11-7-8-12-19(18)26(34)35)25(33)29-21-15-10-9-13-20(21)23(31)17(4)28(38,16(2)3)27(36)37/h7-8,11-12,16-17,20-22,38H,5-6,9-10,13-15H2,1-4H3,(H,29,33)(H,30,32)(H,34,35)(H,36,37)/t17-,20?,21?,22+,28?/m1/s1. The SMILES string of the molecule is CCCC[C@H](NC(=O)c1ccccc1C(=O)O)C(=O)NC1CCCCC1C(=O)[C@@H](C)C(O)(C(=O)O)C(C)C. The Morgan fingerprint density at radius 1 is 1.00 bits per heavy atom. The van der Waals surface area contributed by atoms with Crippen molar-refractivity contribution in [3.8, 4) is 0 Å². The van der Waals surface area contributed by atoms with E-state index in [1.807, 2.05) is 6.92 Å². The van der Waals surface area contributed by atoms with Crippen molar-refractivity contribution < 1.29 is 39.3 Å². The van der Waals surface area contributed by atoms with Crippen molar-refractivity contribution in [3.05, 3.63) is 35.4 Å². The predicted octanol–water partition coefficient (Wildman–Crippen LogP) is 3.03. The maximum Gasteiger partial charge on any atom is 0.336 e. The number of nitrogens with one attached hydrogen (secondary N) is 2. The Kier molecular flexibility index (Phi) is 11.0. The summed E-state index contributed by atoms with van der Waals surface area (Å²) < 4.78 is 0. The number of carboxylic acid groups (broad SMARTS) is 2. The van der Waals surface area contributed by atoms with Crippen LogP contribution in [0.2, 0.25) is 0 Å². The molecule has 1 fully saturated rings. The Morgan fingerprint density at radius 2 is 1.61 bits per heavy atom. The van der Waals surface area contributed by atoms with Gasteiger partial charge in [-0.15, -0.1) is 0 Å². The van der Waals surface area contributed by atoms with Crippen molar-refractivity contribution in [1.29, 1.82) is 0 Å². The Bertz CT molecular complexity index is 1040. The molecular weight excluding hydrogens is 492 g/mol. The second kappa shape index (κ2) is 13.5. The molecule has 5 atom stereocenters. The molecule has 1 aliphatic rings. The largest absolute Gasteiger partial charge is 0.479 e. The van der Waals surface area contributed by atoms with Crippen LogP contribution in [0.5, 0.6) is 0 Å². The van der Waals surface area contributed by atoms with E-state index in [9.17, 15) is 39.3 Å². The zero-order valence-electron chi connectivity index (χ0n) is 22.5. The number of carbonyl (C=O) groups is 5. The minimum Gasteiger partial charge on any atom is -0.479 e. The van der Waals surface area contributed by atoms with Gasteiger partial charge in [0.05, 0.1) is 17.0 Å². The number of hydrogen-bond donors (Lipinski definition) is 5. The van der Waals surface area contributed by atoms with E-state index in [2.05, 4.69) is 10.6 Å². The average Bonchev–Trinajstić information content (AvgIpc) is 2.89. The van der Waals surface area contributed by atoms with Gasteiger partial charge in [0.15, 0.2) is 5.60 Å². The highest BCUT2D eigenvalue weighted by atomic mass is 16.4. The summed E-state index contributed by atoms with van der Waals surface area (Å²) in [6, 6.07) is 4.20. The summed E-state index contributed by atoms with van der Waals surface area (Å²) >= 11 is 0. The lowest BCUT2D eigenvalue weighted by Gasteiger charge is -2.38. The highest BCUT2D eigenvalue weighted by molar-refractivity contribution is 6.06. The molecule has 10 heteroatoms. The Hall–Kier alpha value is -3.27. The zero-order valence-corrected chi connectivity index (χ0v) is 22.5. The molecule has 5 N–H and O–H groups in total. The maximum absolute atomic E-state index is 13.5. The molecule has 0 heterocycles. The molecule has 38 heavy (non-hydrogen) atoms. The van der Waals surface area contributed by atoms with Crippen LogP contribution in [0.1, 0.15) is 93.4 Å². The van der Waals surface area contributed by atoms with Crippen molar-refractivity contribution in [2.45, 2.75) is 90.3 Å². The first-order valence-electron chi connectivity index (χ1n) is 13.3. The molecular formula is C28H40N2O8. The Labute approximate surface area is 223 Å². The first kappa shape index (κ1) is 31.0. The number of rotatable bonds is 13. The van der Waals surface area contributed by atoms with Gasteiger partial charge in [0.2, 0.25) is 5.91 Å². The summed E-state index contributed by atoms with van der Waals surface area (Å²) in [6.07, 6.45) is 4.13. The molecule has 1 aromatic carbocycles. The van der Waals surface area contributed by atoms with Crippen LogP contribution in [0.3, 0.4) is 0 Å². The van der Waals surface area contributed by atoms with Crippen molar-refractivity contribution in [3.63, 3.8) is 0 Å². The molecule has 1 aliphatic carbocycles. The average molecular weight is 533 g/mol. The lowest BCUT2D eigenvalue weighted by Crippen LogP contribution is -2.57. The van der Waals surface area contributed by atoms with Gasteiger partial charge in [0.25, 0.3) is 5.91 Å². The van der Waals surface area contributed by atoms with E-state index < -0.39 is 65.0 Å². The number of carboxylic acids is 2. The van der Waals surface area contributed by atoms with E-state index in [1.165, 1.54) is 31.2 Å². The van der Waals surface area contributed by atoms with Crippen molar-refractivity contribution in [2.75, 3.05) is 0 Å². The lowest BCUT2D eigenvalue weighted by molar-refractivity contribution is -0.175. The van der Waals surface area contributed by atoms with E-state index >= 15 is 0 Å². The second-order valence-electron chi connectivity index (χ2n) is 10.4. The number of aliphatic hydroxyl groups is 1. The van der Waals surface area contributed by atoms with Crippen molar-refractivity contribution in [1.82, 2.24) is 10.6 Å². The third kappa shape index (κ3) is 6.98. The number of amides is 2. The molecule has 2 rings (SSSR count). The number of ketones is 1. The third-order valence-corrected chi connectivity index (χ3v) is 7.64. The molecule has 0 saturated heterocycles. The van der Waals surface area contributed by atoms with Gasteiger partial charge in [-0.3, -0.25) is 14.4 Å². The van der Waals surface area contributed by atoms with E-state index in [0.29, 0.717) is 25.7 Å². The maximum atomic E-state index is 13.5. The Balaban J connectivity index is 2.24. The number of hydrogen-bond acceptors (Lipinski definition) is 6. The van der Waals surface area contributed by atoms with Crippen LogP contribution in [0.4, 0.5) is 0 Å². The molecule has 0 radical (unpaired) electrons. The van der Waals surface area contributed by atoms with Gasteiger partial charge < -0.3 is 26.0 Å². The van der Waals surface area contributed by atoms with Gasteiger partial charge in [0.1, 0.15) is 11.8 Å². The van der Waals surface area contributed by atoms with Crippen LogP contribution < -0.4 is 10.6 Å². The third-order valence-electron chi connectivity index (χ3n) is 7.64.